The molecule has 186 valence electrons. The van der Waals surface area contributed by atoms with Gasteiger partial charge in [0.2, 0.25) is 0 Å². The second kappa shape index (κ2) is 9.37. The lowest BCUT2D eigenvalue weighted by atomic mass is 10.0. The molecule has 1 saturated heterocycles. The molecule has 3 aromatic rings. The number of nitrogens with zero attached hydrogens (tertiary/aromatic N) is 6. The third-order valence-electron chi connectivity index (χ3n) is 6.48. The number of fused-ring (bicyclic) bond motifs is 1. The molecule has 1 aliphatic rings. The van der Waals surface area contributed by atoms with E-state index in [1.54, 1.807) is 12.1 Å². The van der Waals surface area contributed by atoms with Gasteiger partial charge >= 0.3 is 0 Å². The van der Waals surface area contributed by atoms with Crippen LogP contribution in [0.3, 0.4) is 0 Å². The molecule has 0 bridgehead atoms. The zero-order valence-electron chi connectivity index (χ0n) is 21.4. The zero-order valence-corrected chi connectivity index (χ0v) is 21.4. The Bertz CT molecular complexity index is 1270. The van der Waals surface area contributed by atoms with Gasteiger partial charge in [0.05, 0.1) is 27.1 Å². The first kappa shape index (κ1) is 24.8. The quantitative estimate of drug-likeness (QED) is 0.396. The van der Waals surface area contributed by atoms with Crippen LogP contribution in [0.25, 0.3) is 11.0 Å². The number of carbonyl (C=O) groups is 1. The largest absolute Gasteiger partial charge is 0.336 e. The number of nitro benzene ring substituents is 1. The van der Waals surface area contributed by atoms with E-state index in [1.165, 1.54) is 6.07 Å². The number of pyridine rings is 1. The van der Waals surface area contributed by atoms with Crippen molar-refractivity contribution in [3.8, 4) is 0 Å². The second-order valence-electron chi connectivity index (χ2n) is 10.6. The van der Waals surface area contributed by atoms with Gasteiger partial charge in [-0.2, -0.15) is 5.10 Å². The predicted octanol–water partition coefficient (Wildman–Crippen LogP) is 4.48. The Labute approximate surface area is 205 Å². The topological polar surface area (TPSA) is 97.4 Å². The molecule has 1 aliphatic heterocycles. The normalized spacial score (nSPS) is 15.2. The van der Waals surface area contributed by atoms with E-state index in [1.807, 2.05) is 28.6 Å². The molecule has 1 aromatic carbocycles. The van der Waals surface area contributed by atoms with Crippen molar-refractivity contribution in [3.63, 3.8) is 0 Å². The standard InChI is InChI=1S/C26H34N6O3/c1-17(2)22-15-21(23-18(3)28-31(24(23)27-22)26(4,5)6)25(33)30-12-10-29(11-13-30)16-19-8-7-9-20(14-19)32(34)35/h7-9,14-15,17H,10-13,16H2,1-6H3. The van der Waals surface area contributed by atoms with Crippen molar-refractivity contribution in [2.45, 2.75) is 59.5 Å². The lowest BCUT2D eigenvalue weighted by Crippen LogP contribution is -2.48. The summed E-state index contributed by atoms with van der Waals surface area (Å²) in [6.07, 6.45) is 0. The average molecular weight is 479 g/mol. The van der Waals surface area contributed by atoms with E-state index < -0.39 is 0 Å². The Morgan fingerprint density at radius 2 is 1.83 bits per heavy atom. The van der Waals surface area contributed by atoms with E-state index in [-0.39, 0.29) is 28.0 Å². The van der Waals surface area contributed by atoms with Gasteiger partial charge in [-0.15, -0.1) is 0 Å². The Morgan fingerprint density at radius 3 is 2.43 bits per heavy atom. The summed E-state index contributed by atoms with van der Waals surface area (Å²) in [5, 5.41) is 16.7. The van der Waals surface area contributed by atoms with E-state index >= 15 is 0 Å². The van der Waals surface area contributed by atoms with E-state index in [4.69, 9.17) is 10.1 Å². The van der Waals surface area contributed by atoms with Crippen LogP contribution in [0.5, 0.6) is 0 Å². The Balaban J connectivity index is 1.57. The molecule has 3 heterocycles. The summed E-state index contributed by atoms with van der Waals surface area (Å²) >= 11 is 0. The number of hydrogen-bond acceptors (Lipinski definition) is 6. The molecule has 0 N–H and O–H groups in total. The zero-order chi connectivity index (χ0) is 25.5. The molecule has 0 atom stereocenters. The first-order valence-corrected chi connectivity index (χ1v) is 12.1. The number of aromatic nitrogens is 3. The van der Waals surface area contributed by atoms with Gasteiger partial charge in [0.15, 0.2) is 5.65 Å². The SMILES string of the molecule is Cc1nn(C(C)(C)C)c2nc(C(C)C)cc(C(=O)N3CCN(Cc4cccc([N+](=O)[O-])c4)CC3)c12. The summed E-state index contributed by atoms with van der Waals surface area (Å²) in [6, 6.07) is 8.68. The molecule has 0 radical (unpaired) electrons. The Hall–Kier alpha value is -3.33. The molecule has 0 spiro atoms. The molecule has 4 rings (SSSR count). The fourth-order valence-electron chi connectivity index (χ4n) is 4.55. The van der Waals surface area contributed by atoms with Crippen LogP contribution in [0.2, 0.25) is 0 Å². The molecule has 9 nitrogen and oxygen atoms in total. The number of non-ortho nitro benzene ring substituents is 1. The minimum absolute atomic E-state index is 0.00542. The van der Waals surface area contributed by atoms with Gasteiger partial charge in [-0.25, -0.2) is 9.67 Å². The number of amides is 1. The summed E-state index contributed by atoms with van der Waals surface area (Å²) in [5.74, 6) is 0.187. The number of aryl methyl sites for hydroxylation is 1. The van der Waals surface area contributed by atoms with Crippen molar-refractivity contribution in [1.29, 1.82) is 0 Å². The van der Waals surface area contributed by atoms with E-state index in [0.717, 1.165) is 28.0 Å². The fourth-order valence-corrected chi connectivity index (χ4v) is 4.55. The third-order valence-corrected chi connectivity index (χ3v) is 6.48. The van der Waals surface area contributed by atoms with Crippen LogP contribution in [0.4, 0.5) is 5.69 Å². The van der Waals surface area contributed by atoms with Gasteiger partial charge in [-0.05, 0) is 45.2 Å². The van der Waals surface area contributed by atoms with Gasteiger partial charge in [-0.3, -0.25) is 19.8 Å². The average Bonchev–Trinajstić information content (AvgIpc) is 3.16. The van der Waals surface area contributed by atoms with E-state index in [2.05, 4.69) is 39.5 Å². The molecule has 2 aromatic heterocycles. The summed E-state index contributed by atoms with van der Waals surface area (Å²) < 4.78 is 1.93. The van der Waals surface area contributed by atoms with Crippen LogP contribution < -0.4 is 0 Å². The highest BCUT2D eigenvalue weighted by Crippen LogP contribution is 2.30. The van der Waals surface area contributed by atoms with Crippen LogP contribution >= 0.6 is 0 Å². The lowest BCUT2D eigenvalue weighted by molar-refractivity contribution is -0.384. The molecule has 35 heavy (non-hydrogen) atoms. The number of piperazine rings is 1. The molecule has 0 unspecified atom stereocenters. The molecule has 0 saturated carbocycles. The highest BCUT2D eigenvalue weighted by Gasteiger charge is 2.29. The molecule has 0 aliphatic carbocycles. The van der Waals surface area contributed by atoms with Crippen LogP contribution in [0.1, 0.15) is 67.8 Å². The molecular weight excluding hydrogens is 444 g/mol. The van der Waals surface area contributed by atoms with Crippen molar-refractivity contribution in [2.75, 3.05) is 26.2 Å². The maximum absolute atomic E-state index is 13.8. The van der Waals surface area contributed by atoms with Gasteiger partial charge in [0.25, 0.3) is 11.6 Å². The number of hydrogen-bond donors (Lipinski definition) is 0. The molecule has 1 amide bonds. The number of benzene rings is 1. The van der Waals surface area contributed by atoms with Crippen molar-refractivity contribution < 1.29 is 9.72 Å². The van der Waals surface area contributed by atoms with Crippen LogP contribution in [-0.4, -0.2) is 61.6 Å². The van der Waals surface area contributed by atoms with Gasteiger partial charge in [0, 0.05) is 50.6 Å². The third kappa shape index (κ3) is 5.05. The second-order valence-corrected chi connectivity index (χ2v) is 10.6. The Morgan fingerprint density at radius 1 is 1.14 bits per heavy atom. The number of carbonyl (C=O) groups excluding carboxylic acids is 1. The summed E-state index contributed by atoms with van der Waals surface area (Å²) in [5.41, 5.74) is 3.87. The number of rotatable bonds is 5. The van der Waals surface area contributed by atoms with Crippen molar-refractivity contribution in [1.82, 2.24) is 24.6 Å². The maximum atomic E-state index is 13.8. The van der Waals surface area contributed by atoms with Gasteiger partial charge in [0.1, 0.15) is 0 Å². The van der Waals surface area contributed by atoms with Crippen LogP contribution in [0, 0.1) is 17.0 Å². The highest BCUT2D eigenvalue weighted by molar-refractivity contribution is 6.06. The lowest BCUT2D eigenvalue weighted by Gasteiger charge is -2.35. The molecule has 1 fully saturated rings. The van der Waals surface area contributed by atoms with E-state index in [9.17, 15) is 14.9 Å². The maximum Gasteiger partial charge on any atom is 0.269 e. The summed E-state index contributed by atoms with van der Waals surface area (Å²) in [7, 11) is 0. The first-order valence-electron chi connectivity index (χ1n) is 12.1. The van der Waals surface area contributed by atoms with Gasteiger partial charge in [-0.1, -0.05) is 26.0 Å². The summed E-state index contributed by atoms with van der Waals surface area (Å²) in [4.78, 5) is 33.5. The first-order chi connectivity index (χ1) is 16.5. The van der Waals surface area contributed by atoms with Gasteiger partial charge < -0.3 is 4.90 Å². The number of nitro groups is 1. The smallest absolute Gasteiger partial charge is 0.269 e. The molecule has 9 heteroatoms. The monoisotopic (exact) mass is 478 g/mol. The van der Waals surface area contributed by atoms with Crippen LogP contribution in [-0.2, 0) is 12.1 Å². The predicted molar refractivity (Wildman–Crippen MR) is 136 cm³/mol. The fraction of sp³-hybridized carbons (Fsp3) is 0.500. The summed E-state index contributed by atoms with van der Waals surface area (Å²) in [6.45, 7) is 15.6. The molecular formula is C26H34N6O3. The van der Waals surface area contributed by atoms with Crippen LogP contribution in [0.15, 0.2) is 30.3 Å². The van der Waals surface area contributed by atoms with Crippen molar-refractivity contribution >= 4 is 22.6 Å². The minimum atomic E-state index is -0.370. The van der Waals surface area contributed by atoms with E-state index in [0.29, 0.717) is 38.3 Å². The van der Waals surface area contributed by atoms with Crippen molar-refractivity contribution in [3.05, 3.63) is 63.0 Å². The highest BCUT2D eigenvalue weighted by atomic mass is 16.6. The minimum Gasteiger partial charge on any atom is -0.336 e. The van der Waals surface area contributed by atoms with Crippen molar-refractivity contribution in [2.24, 2.45) is 0 Å². The Kier molecular flexibility index (Phi) is 6.64.